The molecule has 44 heavy (non-hydrogen) atoms. The lowest BCUT2D eigenvalue weighted by atomic mass is 9.86. The van der Waals surface area contributed by atoms with Gasteiger partial charge in [0.25, 0.3) is 0 Å². The van der Waals surface area contributed by atoms with Crippen LogP contribution in [0.25, 0.3) is 0 Å². The highest BCUT2D eigenvalue weighted by molar-refractivity contribution is 5.74. The van der Waals surface area contributed by atoms with Crippen LogP contribution in [0.4, 0.5) is 0 Å². The maximum absolute atomic E-state index is 12.4. The van der Waals surface area contributed by atoms with Gasteiger partial charge in [-0.15, -0.1) is 0 Å². The minimum absolute atomic E-state index is 0.128. The van der Waals surface area contributed by atoms with Gasteiger partial charge in [-0.25, -0.2) is 0 Å². The first kappa shape index (κ1) is 32.2. The summed E-state index contributed by atoms with van der Waals surface area (Å²) >= 11 is 0. The molecule has 3 aromatic rings. The molecular formula is C37H52N4O3. The van der Waals surface area contributed by atoms with Gasteiger partial charge in [0.05, 0.1) is 12.3 Å². The number of nitrogens with zero attached hydrogens (tertiary/aromatic N) is 4. The zero-order valence-electron chi connectivity index (χ0n) is 27.4. The van der Waals surface area contributed by atoms with E-state index in [0.717, 1.165) is 76.4 Å². The van der Waals surface area contributed by atoms with Gasteiger partial charge in [0.2, 0.25) is 0 Å². The summed E-state index contributed by atoms with van der Waals surface area (Å²) in [5, 5.41) is 15.2. The van der Waals surface area contributed by atoms with E-state index >= 15 is 0 Å². The molecule has 5 rings (SSSR count). The number of aryl methyl sites for hydroxylation is 2. The van der Waals surface area contributed by atoms with Gasteiger partial charge in [0.15, 0.2) is 0 Å². The highest BCUT2D eigenvalue weighted by atomic mass is 16.5. The summed E-state index contributed by atoms with van der Waals surface area (Å²) in [4.78, 5) is 17.3. The van der Waals surface area contributed by atoms with Crippen molar-refractivity contribution in [3.8, 4) is 5.75 Å². The zero-order chi connectivity index (χ0) is 31.2. The molecular weight excluding hydrogens is 548 g/mol. The van der Waals surface area contributed by atoms with Gasteiger partial charge in [-0.3, -0.25) is 14.4 Å². The first-order valence-electron chi connectivity index (χ1n) is 16.8. The van der Waals surface area contributed by atoms with Gasteiger partial charge in [-0.1, -0.05) is 62.2 Å². The maximum atomic E-state index is 12.4. The van der Waals surface area contributed by atoms with Gasteiger partial charge >= 0.3 is 5.97 Å². The topological polar surface area (TPSA) is 70.8 Å². The number of ether oxygens (including phenoxy) is 1. The molecule has 2 aromatic carbocycles. The fourth-order valence-corrected chi connectivity index (χ4v) is 7.56. The number of hydrogen-bond acceptors (Lipinski definition) is 5. The lowest BCUT2D eigenvalue weighted by molar-refractivity contribution is -0.145. The van der Waals surface area contributed by atoms with Crippen molar-refractivity contribution in [1.29, 1.82) is 0 Å². The average Bonchev–Trinajstić information content (AvgIpc) is 3.62. The van der Waals surface area contributed by atoms with Gasteiger partial charge in [0.1, 0.15) is 11.8 Å². The molecule has 238 valence electrons. The van der Waals surface area contributed by atoms with E-state index in [-0.39, 0.29) is 5.92 Å². The van der Waals surface area contributed by atoms with E-state index in [4.69, 9.17) is 9.84 Å². The van der Waals surface area contributed by atoms with Crippen LogP contribution in [0, 0.1) is 18.8 Å². The van der Waals surface area contributed by atoms with E-state index in [1.165, 1.54) is 22.4 Å². The number of aliphatic carboxylic acids is 1. The first-order chi connectivity index (χ1) is 21.3. The largest absolute Gasteiger partial charge is 0.494 e. The minimum atomic E-state index is -0.682. The van der Waals surface area contributed by atoms with Crippen LogP contribution in [0.5, 0.6) is 5.75 Å². The third kappa shape index (κ3) is 7.55. The van der Waals surface area contributed by atoms with E-state index < -0.39 is 12.0 Å². The molecule has 3 heterocycles. The molecule has 2 aliphatic heterocycles. The Bertz CT molecular complexity index is 1360. The zero-order valence-corrected chi connectivity index (χ0v) is 27.4. The molecule has 7 heteroatoms. The van der Waals surface area contributed by atoms with Crippen LogP contribution in [0.1, 0.15) is 86.9 Å². The quantitative estimate of drug-likeness (QED) is 0.239. The summed E-state index contributed by atoms with van der Waals surface area (Å²) in [5.74, 6) is 1.64. The summed E-state index contributed by atoms with van der Waals surface area (Å²) in [5.41, 5.74) is 6.38. The van der Waals surface area contributed by atoms with Crippen LogP contribution in [0.3, 0.4) is 0 Å². The van der Waals surface area contributed by atoms with Crippen molar-refractivity contribution < 1.29 is 14.6 Å². The highest BCUT2D eigenvalue weighted by Crippen LogP contribution is 2.38. The maximum Gasteiger partial charge on any atom is 0.321 e. The van der Waals surface area contributed by atoms with E-state index in [0.29, 0.717) is 24.4 Å². The fourth-order valence-electron chi connectivity index (χ4n) is 7.56. The van der Waals surface area contributed by atoms with Crippen molar-refractivity contribution in [2.24, 2.45) is 11.8 Å². The van der Waals surface area contributed by atoms with Crippen LogP contribution in [-0.2, 0) is 17.8 Å². The standard InChI is InChI=1S/C37H52N4O3/c1-6-27(5)36(37(42)43)40-24-31(34(25-40)30-11-9-10-26(4)20-30)23-39-18-16-29(17-19-39)35-22-32(38-41(35)7-2)21-28-12-14-33(15-13-28)44-8-3/h9-15,20,22,27,29,31,34,36H,6-8,16-19,21,23-25H2,1-5H3,(H,42,43). The monoisotopic (exact) mass is 600 g/mol. The molecule has 1 aromatic heterocycles. The van der Waals surface area contributed by atoms with Crippen molar-refractivity contribution in [3.05, 3.63) is 82.7 Å². The summed E-state index contributed by atoms with van der Waals surface area (Å²) in [6, 6.07) is 19.2. The Morgan fingerprint density at radius 3 is 2.43 bits per heavy atom. The van der Waals surface area contributed by atoms with Crippen molar-refractivity contribution in [3.63, 3.8) is 0 Å². The third-order valence-corrected chi connectivity index (χ3v) is 10.0. The number of carboxylic acids is 1. The SMILES string of the molecule is CCOc1ccc(Cc2cc(C3CCN(CC4CN(C(C(=O)O)C(C)CC)CC4c4cccc(C)c4)CC3)n(CC)n2)cc1. The molecule has 4 unspecified atom stereocenters. The number of rotatable bonds is 13. The lowest BCUT2D eigenvalue weighted by Gasteiger charge is -2.35. The second-order valence-corrected chi connectivity index (χ2v) is 13.1. The van der Waals surface area contributed by atoms with Crippen LogP contribution in [0.15, 0.2) is 54.6 Å². The Labute approximate surface area is 264 Å². The normalized spacial score (nSPS) is 21.4. The van der Waals surface area contributed by atoms with E-state index in [2.05, 4.69) is 84.6 Å². The van der Waals surface area contributed by atoms with Gasteiger partial charge in [-0.2, -0.15) is 5.10 Å². The Hall–Kier alpha value is -3.16. The van der Waals surface area contributed by atoms with Crippen molar-refractivity contribution >= 4 is 5.97 Å². The second kappa shape index (κ2) is 14.7. The van der Waals surface area contributed by atoms with E-state index in [1.807, 2.05) is 19.1 Å². The molecule has 7 nitrogen and oxygen atoms in total. The fraction of sp³-hybridized carbons (Fsp3) is 0.568. The molecule has 2 aliphatic rings. The van der Waals surface area contributed by atoms with Crippen LogP contribution < -0.4 is 4.74 Å². The highest BCUT2D eigenvalue weighted by Gasteiger charge is 2.42. The van der Waals surface area contributed by atoms with Gasteiger partial charge in [-0.05, 0) is 87.9 Å². The van der Waals surface area contributed by atoms with Gasteiger partial charge in [0, 0.05) is 50.1 Å². The Kier molecular flexibility index (Phi) is 10.8. The molecule has 0 bridgehead atoms. The predicted octanol–water partition coefficient (Wildman–Crippen LogP) is 6.60. The summed E-state index contributed by atoms with van der Waals surface area (Å²) in [7, 11) is 0. The summed E-state index contributed by atoms with van der Waals surface area (Å²) in [6.07, 6.45) is 3.96. The number of piperidine rings is 1. The average molecular weight is 601 g/mol. The number of likely N-dealkylation sites (tertiary alicyclic amines) is 2. The van der Waals surface area contributed by atoms with Crippen LogP contribution >= 0.6 is 0 Å². The molecule has 4 atom stereocenters. The lowest BCUT2D eigenvalue weighted by Crippen LogP contribution is -2.45. The van der Waals surface area contributed by atoms with Gasteiger partial charge < -0.3 is 14.7 Å². The first-order valence-corrected chi connectivity index (χ1v) is 16.8. The Morgan fingerprint density at radius 2 is 1.80 bits per heavy atom. The van der Waals surface area contributed by atoms with E-state index in [1.54, 1.807) is 0 Å². The number of carboxylic acid groups (broad SMARTS) is 1. The number of aromatic nitrogens is 2. The van der Waals surface area contributed by atoms with Crippen molar-refractivity contribution in [2.45, 2.75) is 84.7 Å². The minimum Gasteiger partial charge on any atom is -0.494 e. The molecule has 0 radical (unpaired) electrons. The smallest absolute Gasteiger partial charge is 0.321 e. The molecule has 0 aliphatic carbocycles. The molecule has 0 spiro atoms. The summed E-state index contributed by atoms with van der Waals surface area (Å²) in [6.45, 7) is 16.9. The molecule has 0 saturated carbocycles. The number of benzene rings is 2. The molecule has 0 amide bonds. The van der Waals surface area contributed by atoms with Crippen molar-refractivity contribution in [2.75, 3.05) is 39.3 Å². The molecule has 2 saturated heterocycles. The van der Waals surface area contributed by atoms with E-state index in [9.17, 15) is 9.90 Å². The van der Waals surface area contributed by atoms with Crippen LogP contribution in [0.2, 0.25) is 0 Å². The molecule has 1 N–H and O–H groups in total. The van der Waals surface area contributed by atoms with Crippen molar-refractivity contribution in [1.82, 2.24) is 19.6 Å². The second-order valence-electron chi connectivity index (χ2n) is 13.1. The Balaban J connectivity index is 1.24. The third-order valence-electron chi connectivity index (χ3n) is 10.0. The summed E-state index contributed by atoms with van der Waals surface area (Å²) < 4.78 is 7.82. The molecule has 2 fully saturated rings. The number of carbonyl (C=O) groups is 1. The predicted molar refractivity (Wildman–Crippen MR) is 177 cm³/mol. The number of hydrogen-bond donors (Lipinski definition) is 1. The van der Waals surface area contributed by atoms with Crippen LogP contribution in [-0.4, -0.2) is 76.0 Å². The Morgan fingerprint density at radius 1 is 1.05 bits per heavy atom.